The summed E-state index contributed by atoms with van der Waals surface area (Å²) < 4.78 is 0. The molecule has 2 heteroatoms. The number of rotatable bonds is 7. The zero-order valence-electron chi connectivity index (χ0n) is 22.8. The SMILES string of the molecule is CC[C@]1(O)CC[C@@]2(C)C(=CC[C@@H]3C2CC[C@@]2(C)C3CC[C@@H]2[C@H](C)CC[C@@H](O)Cc2ccccc2)C1. The Morgan fingerprint density at radius 3 is 2.49 bits per heavy atom. The summed E-state index contributed by atoms with van der Waals surface area (Å²) in [6.45, 7) is 9.82. The Labute approximate surface area is 214 Å². The third-order valence-corrected chi connectivity index (χ3v) is 11.9. The maximum absolute atomic E-state index is 11.0. The summed E-state index contributed by atoms with van der Waals surface area (Å²) in [6, 6.07) is 10.5. The van der Waals surface area contributed by atoms with Crippen molar-refractivity contribution in [3.63, 3.8) is 0 Å². The van der Waals surface area contributed by atoms with Crippen molar-refractivity contribution in [2.24, 2.45) is 40.4 Å². The highest BCUT2D eigenvalue weighted by Gasteiger charge is 2.59. The number of benzene rings is 1. The van der Waals surface area contributed by atoms with Gasteiger partial charge in [-0.3, -0.25) is 0 Å². The van der Waals surface area contributed by atoms with Gasteiger partial charge in [-0.15, -0.1) is 0 Å². The lowest BCUT2D eigenvalue weighted by Gasteiger charge is -2.59. The zero-order valence-corrected chi connectivity index (χ0v) is 22.8. The van der Waals surface area contributed by atoms with E-state index in [0.29, 0.717) is 16.7 Å². The summed E-state index contributed by atoms with van der Waals surface area (Å²) in [5, 5.41) is 21.7. The fourth-order valence-corrected chi connectivity index (χ4v) is 9.63. The molecule has 2 N–H and O–H groups in total. The van der Waals surface area contributed by atoms with Crippen LogP contribution in [0.5, 0.6) is 0 Å². The van der Waals surface area contributed by atoms with Gasteiger partial charge in [-0.1, -0.05) is 69.7 Å². The van der Waals surface area contributed by atoms with Gasteiger partial charge in [-0.05, 0) is 123 Å². The van der Waals surface area contributed by atoms with Crippen LogP contribution in [0.15, 0.2) is 42.0 Å². The number of allylic oxidation sites excluding steroid dienone is 1. The topological polar surface area (TPSA) is 40.5 Å². The van der Waals surface area contributed by atoms with Gasteiger partial charge in [0.15, 0.2) is 0 Å². The van der Waals surface area contributed by atoms with Gasteiger partial charge in [-0.2, -0.15) is 0 Å². The second-order valence-electron chi connectivity index (χ2n) is 13.6. The Kier molecular flexibility index (Phi) is 7.03. The molecule has 3 saturated carbocycles. The smallest absolute Gasteiger partial charge is 0.0682 e. The Morgan fingerprint density at radius 1 is 0.971 bits per heavy atom. The minimum atomic E-state index is -0.458. The Bertz CT molecular complexity index is 907. The van der Waals surface area contributed by atoms with E-state index in [1.54, 1.807) is 5.57 Å². The summed E-state index contributed by atoms with van der Waals surface area (Å²) in [5.41, 5.74) is 3.16. The van der Waals surface area contributed by atoms with Crippen molar-refractivity contribution in [2.75, 3.05) is 0 Å². The van der Waals surface area contributed by atoms with Crippen LogP contribution in [0.2, 0.25) is 0 Å². The summed E-state index contributed by atoms with van der Waals surface area (Å²) >= 11 is 0. The molecule has 194 valence electrons. The van der Waals surface area contributed by atoms with Gasteiger partial charge in [0, 0.05) is 0 Å². The molecule has 1 aromatic rings. The molecular weight excluding hydrogens is 428 g/mol. The Balaban J connectivity index is 1.24. The third kappa shape index (κ3) is 4.56. The summed E-state index contributed by atoms with van der Waals surface area (Å²) in [4.78, 5) is 0. The number of aliphatic hydroxyl groups excluding tert-OH is 1. The third-order valence-electron chi connectivity index (χ3n) is 11.9. The van der Waals surface area contributed by atoms with Crippen LogP contribution in [-0.2, 0) is 6.42 Å². The highest BCUT2D eigenvalue weighted by molar-refractivity contribution is 5.27. The van der Waals surface area contributed by atoms with Crippen molar-refractivity contribution in [3.05, 3.63) is 47.5 Å². The van der Waals surface area contributed by atoms with Crippen LogP contribution in [0.25, 0.3) is 0 Å². The molecule has 0 radical (unpaired) electrons. The highest BCUT2D eigenvalue weighted by atomic mass is 16.3. The van der Waals surface area contributed by atoms with E-state index in [-0.39, 0.29) is 6.10 Å². The van der Waals surface area contributed by atoms with E-state index >= 15 is 0 Å². The van der Waals surface area contributed by atoms with Crippen LogP contribution in [0.1, 0.15) is 104 Å². The van der Waals surface area contributed by atoms with Crippen LogP contribution >= 0.6 is 0 Å². The van der Waals surface area contributed by atoms with Gasteiger partial charge < -0.3 is 10.2 Å². The summed E-state index contributed by atoms with van der Waals surface area (Å²) in [7, 11) is 0. The van der Waals surface area contributed by atoms with Gasteiger partial charge in [0.25, 0.3) is 0 Å². The van der Waals surface area contributed by atoms with Gasteiger partial charge in [-0.25, -0.2) is 0 Å². The number of hydrogen-bond acceptors (Lipinski definition) is 2. The zero-order chi connectivity index (χ0) is 24.8. The molecule has 0 bridgehead atoms. The van der Waals surface area contributed by atoms with E-state index in [2.05, 4.69) is 58.0 Å². The molecule has 0 heterocycles. The van der Waals surface area contributed by atoms with Crippen LogP contribution < -0.4 is 0 Å². The highest BCUT2D eigenvalue weighted by Crippen LogP contribution is 2.67. The maximum atomic E-state index is 11.0. The second kappa shape index (κ2) is 9.64. The van der Waals surface area contributed by atoms with E-state index in [4.69, 9.17) is 0 Å². The standard InChI is InChI=1S/C33H50O2/c1-5-33(35)20-19-31(3)25(22-33)12-14-27-29-16-15-28(32(29,4)18-17-30(27)31)23(2)11-13-26(34)21-24-9-7-6-8-10-24/h6-10,12,23,26-30,34-35H,5,11,13-22H2,1-4H3/t23-,26-,27+,28-,29?,30?,31+,32-,33+/m1/s1. The Hall–Kier alpha value is -1.12. The van der Waals surface area contributed by atoms with Gasteiger partial charge in [0.05, 0.1) is 11.7 Å². The monoisotopic (exact) mass is 478 g/mol. The van der Waals surface area contributed by atoms with Crippen LogP contribution in [0, 0.1) is 40.4 Å². The molecule has 0 aromatic heterocycles. The largest absolute Gasteiger partial charge is 0.393 e. The molecule has 5 rings (SSSR count). The molecule has 0 saturated heterocycles. The molecule has 2 nitrogen and oxygen atoms in total. The minimum Gasteiger partial charge on any atom is -0.393 e. The maximum Gasteiger partial charge on any atom is 0.0682 e. The first kappa shape index (κ1) is 25.5. The first-order chi connectivity index (χ1) is 16.7. The van der Waals surface area contributed by atoms with Crippen LogP contribution in [-0.4, -0.2) is 21.9 Å². The number of fused-ring (bicyclic) bond motifs is 5. The Morgan fingerprint density at radius 2 is 1.74 bits per heavy atom. The minimum absolute atomic E-state index is 0.226. The van der Waals surface area contributed by atoms with Crippen molar-refractivity contribution in [2.45, 2.75) is 116 Å². The van der Waals surface area contributed by atoms with Gasteiger partial charge in [0.2, 0.25) is 0 Å². The molecule has 0 spiro atoms. The molecular formula is C33H50O2. The van der Waals surface area contributed by atoms with E-state index in [1.165, 1.54) is 44.1 Å². The van der Waals surface area contributed by atoms with Crippen molar-refractivity contribution in [1.82, 2.24) is 0 Å². The lowest BCUT2D eigenvalue weighted by molar-refractivity contribution is -0.0757. The lowest BCUT2D eigenvalue weighted by Crippen LogP contribution is -2.52. The second-order valence-corrected chi connectivity index (χ2v) is 13.6. The molecule has 2 unspecified atom stereocenters. The van der Waals surface area contributed by atoms with E-state index in [0.717, 1.165) is 62.2 Å². The summed E-state index contributed by atoms with van der Waals surface area (Å²) in [6.07, 6.45) is 15.9. The average Bonchev–Trinajstić information content (AvgIpc) is 3.21. The summed E-state index contributed by atoms with van der Waals surface area (Å²) in [5.74, 6) is 3.98. The lowest BCUT2D eigenvalue weighted by atomic mass is 9.46. The first-order valence-electron chi connectivity index (χ1n) is 14.8. The van der Waals surface area contributed by atoms with E-state index in [1.807, 2.05) is 6.07 Å². The molecule has 4 aliphatic carbocycles. The van der Waals surface area contributed by atoms with Crippen LogP contribution in [0.3, 0.4) is 0 Å². The normalized spacial score (nSPS) is 42.4. The molecule has 0 aliphatic heterocycles. The van der Waals surface area contributed by atoms with Crippen molar-refractivity contribution < 1.29 is 10.2 Å². The van der Waals surface area contributed by atoms with Gasteiger partial charge >= 0.3 is 0 Å². The molecule has 0 amide bonds. The van der Waals surface area contributed by atoms with E-state index < -0.39 is 5.60 Å². The fourth-order valence-electron chi connectivity index (χ4n) is 9.63. The van der Waals surface area contributed by atoms with Crippen LogP contribution in [0.4, 0.5) is 0 Å². The molecule has 35 heavy (non-hydrogen) atoms. The number of hydrogen-bond donors (Lipinski definition) is 2. The molecule has 4 aliphatic rings. The fraction of sp³-hybridized carbons (Fsp3) is 0.758. The quantitative estimate of drug-likeness (QED) is 0.394. The van der Waals surface area contributed by atoms with Gasteiger partial charge in [0.1, 0.15) is 0 Å². The van der Waals surface area contributed by atoms with Crippen molar-refractivity contribution >= 4 is 0 Å². The predicted octanol–water partition coefficient (Wildman–Crippen LogP) is 7.73. The average molecular weight is 479 g/mol. The number of aliphatic hydroxyl groups is 2. The predicted molar refractivity (Wildman–Crippen MR) is 145 cm³/mol. The van der Waals surface area contributed by atoms with E-state index in [9.17, 15) is 10.2 Å². The van der Waals surface area contributed by atoms with Crippen molar-refractivity contribution in [3.8, 4) is 0 Å². The molecule has 1 aromatic carbocycles. The first-order valence-corrected chi connectivity index (χ1v) is 14.8. The molecule has 9 atom stereocenters. The van der Waals surface area contributed by atoms with Crippen molar-refractivity contribution in [1.29, 1.82) is 0 Å². The molecule has 3 fully saturated rings.